The van der Waals surface area contributed by atoms with E-state index in [9.17, 15) is 31.1 Å². The molecule has 0 aliphatic rings. The van der Waals surface area contributed by atoms with Crippen molar-refractivity contribution < 1.29 is 35.9 Å². The number of alkyl halides is 6. The lowest BCUT2D eigenvalue weighted by Crippen LogP contribution is -2.42. The number of nitrogens with one attached hydrogen (secondary N) is 1. The second-order valence-electron chi connectivity index (χ2n) is 6.91. The highest BCUT2D eigenvalue weighted by molar-refractivity contribution is 5.89. The molecule has 0 heterocycles. The molecule has 170 valence electrons. The molecule has 0 saturated carbocycles. The van der Waals surface area contributed by atoms with Crippen molar-refractivity contribution in [2.45, 2.75) is 38.7 Å². The summed E-state index contributed by atoms with van der Waals surface area (Å²) in [4.78, 5) is 14.0. The summed E-state index contributed by atoms with van der Waals surface area (Å²) in [7, 11) is 1.53. The predicted octanol–water partition coefficient (Wildman–Crippen LogP) is 6.22. The van der Waals surface area contributed by atoms with Crippen LogP contribution in [0.1, 0.15) is 30.5 Å². The van der Waals surface area contributed by atoms with Crippen molar-refractivity contribution >= 4 is 11.7 Å². The zero-order valence-corrected chi connectivity index (χ0v) is 17.1. The van der Waals surface area contributed by atoms with Gasteiger partial charge in [0.25, 0.3) is 0 Å². The number of hydrogen-bond acceptors (Lipinski definition) is 2. The number of rotatable bonds is 6. The van der Waals surface area contributed by atoms with E-state index in [0.717, 1.165) is 5.56 Å². The third-order valence-electron chi connectivity index (χ3n) is 4.66. The van der Waals surface area contributed by atoms with Crippen molar-refractivity contribution in [3.05, 3.63) is 59.2 Å². The molecule has 1 atom stereocenters. The molecule has 0 aromatic heterocycles. The average Bonchev–Trinajstić information content (AvgIpc) is 2.67. The molecule has 31 heavy (non-hydrogen) atoms. The molecule has 10 heteroatoms. The molecule has 4 nitrogen and oxygen atoms in total. The summed E-state index contributed by atoms with van der Waals surface area (Å²) in [5, 5.41) is 2.17. The van der Waals surface area contributed by atoms with Crippen LogP contribution < -0.4 is 10.1 Å². The zero-order chi connectivity index (χ0) is 23.4. The van der Waals surface area contributed by atoms with E-state index < -0.39 is 35.2 Å². The van der Waals surface area contributed by atoms with Gasteiger partial charge in [0.2, 0.25) is 0 Å². The molecular weight excluding hydrogens is 426 g/mol. The van der Waals surface area contributed by atoms with Crippen LogP contribution in [0.3, 0.4) is 0 Å². The number of ether oxygens (including phenoxy) is 1. The molecule has 1 N–H and O–H groups in total. The predicted molar refractivity (Wildman–Crippen MR) is 104 cm³/mol. The lowest BCUT2D eigenvalue weighted by molar-refractivity contribution is -0.143. The Morgan fingerprint density at radius 1 is 1.00 bits per heavy atom. The lowest BCUT2D eigenvalue weighted by Gasteiger charge is -2.28. The molecule has 0 bridgehead atoms. The number of halogens is 6. The second-order valence-corrected chi connectivity index (χ2v) is 6.91. The summed E-state index contributed by atoms with van der Waals surface area (Å²) in [6.07, 6.45) is -9.55. The molecule has 0 aliphatic heterocycles. The Kier molecular flexibility index (Phi) is 7.45. The van der Waals surface area contributed by atoms with Crippen molar-refractivity contribution in [1.82, 2.24) is 4.90 Å². The largest absolute Gasteiger partial charge is 0.497 e. The first-order valence-corrected chi connectivity index (χ1v) is 9.35. The van der Waals surface area contributed by atoms with Crippen molar-refractivity contribution in [2.24, 2.45) is 0 Å². The summed E-state index contributed by atoms with van der Waals surface area (Å²) in [6, 6.07) is 6.93. The van der Waals surface area contributed by atoms with Gasteiger partial charge in [-0.1, -0.05) is 12.1 Å². The van der Waals surface area contributed by atoms with Gasteiger partial charge in [-0.3, -0.25) is 0 Å². The second kappa shape index (κ2) is 9.49. The number of urea groups is 1. The number of anilines is 1. The minimum absolute atomic E-state index is 0.0134. The maximum Gasteiger partial charge on any atom is 0.416 e. The normalized spacial score (nSPS) is 12.9. The highest BCUT2D eigenvalue weighted by Crippen LogP contribution is 2.37. The number of hydrogen-bond donors (Lipinski definition) is 1. The highest BCUT2D eigenvalue weighted by atomic mass is 19.4. The van der Waals surface area contributed by atoms with E-state index in [1.807, 2.05) is 12.1 Å². The fourth-order valence-corrected chi connectivity index (χ4v) is 3.09. The van der Waals surface area contributed by atoms with Crippen molar-refractivity contribution in [3.8, 4) is 5.75 Å². The molecular formula is C21H22F6N2O2. The first-order chi connectivity index (χ1) is 14.3. The van der Waals surface area contributed by atoms with Gasteiger partial charge >= 0.3 is 18.4 Å². The number of amides is 2. The van der Waals surface area contributed by atoms with E-state index >= 15 is 0 Å². The minimum Gasteiger partial charge on any atom is -0.497 e. The van der Waals surface area contributed by atoms with Gasteiger partial charge in [-0.2, -0.15) is 26.3 Å². The van der Waals surface area contributed by atoms with Gasteiger partial charge in [0.15, 0.2) is 0 Å². The molecule has 2 amide bonds. The van der Waals surface area contributed by atoms with E-state index in [1.54, 1.807) is 26.0 Å². The van der Waals surface area contributed by atoms with Crippen LogP contribution in [0.2, 0.25) is 0 Å². The Labute approximate surface area is 175 Å². The fourth-order valence-electron chi connectivity index (χ4n) is 3.09. The number of carbonyl (C=O) groups is 1. The maximum absolute atomic E-state index is 13.0. The minimum atomic E-state index is -4.99. The van der Waals surface area contributed by atoms with Gasteiger partial charge < -0.3 is 15.0 Å². The third kappa shape index (κ3) is 6.53. The molecule has 0 fully saturated rings. The molecule has 0 saturated heterocycles. The zero-order valence-electron chi connectivity index (χ0n) is 17.1. The van der Waals surface area contributed by atoms with E-state index in [2.05, 4.69) is 5.32 Å². The number of nitrogens with zero attached hydrogens (tertiary/aromatic N) is 1. The SMILES string of the molecule is CCN(C(=O)Nc1cc(C(F)(F)F)cc(C(F)(F)F)c1)C(C)Cc1ccc(OC)cc1. The molecule has 2 rings (SSSR count). The van der Waals surface area contributed by atoms with Gasteiger partial charge in [-0.15, -0.1) is 0 Å². The first-order valence-electron chi connectivity index (χ1n) is 9.35. The van der Waals surface area contributed by atoms with Gasteiger partial charge in [0, 0.05) is 18.3 Å². The maximum atomic E-state index is 13.0. The Hall–Kier alpha value is -2.91. The molecule has 2 aromatic rings. The Bertz CT molecular complexity index is 862. The molecule has 2 aromatic carbocycles. The molecule has 0 radical (unpaired) electrons. The fraction of sp³-hybridized carbons (Fsp3) is 0.381. The summed E-state index contributed by atoms with van der Waals surface area (Å²) in [5.41, 5.74) is -2.68. The van der Waals surface area contributed by atoms with Crippen LogP contribution >= 0.6 is 0 Å². The van der Waals surface area contributed by atoms with E-state index in [4.69, 9.17) is 4.74 Å². The third-order valence-corrected chi connectivity index (χ3v) is 4.66. The number of benzene rings is 2. The topological polar surface area (TPSA) is 41.6 Å². The molecule has 0 spiro atoms. The molecule has 1 unspecified atom stereocenters. The van der Waals surface area contributed by atoms with E-state index in [1.165, 1.54) is 12.0 Å². The Morgan fingerprint density at radius 3 is 1.94 bits per heavy atom. The van der Waals surface area contributed by atoms with Crippen LogP contribution in [-0.4, -0.2) is 30.6 Å². The monoisotopic (exact) mass is 448 g/mol. The van der Waals surface area contributed by atoms with Gasteiger partial charge in [0.1, 0.15) is 5.75 Å². The van der Waals surface area contributed by atoms with Crippen molar-refractivity contribution in [1.29, 1.82) is 0 Å². The standard InChI is InChI=1S/C21H22F6N2O2/c1-4-29(13(2)9-14-5-7-18(31-3)8-6-14)19(30)28-17-11-15(20(22,23)24)10-16(12-17)21(25,26)27/h5-8,10-13H,4,9H2,1-3H3,(H,28,30). The van der Waals surface area contributed by atoms with Crippen LogP contribution in [0.5, 0.6) is 5.75 Å². The Morgan fingerprint density at radius 2 is 1.52 bits per heavy atom. The quantitative estimate of drug-likeness (QED) is 0.534. The highest BCUT2D eigenvalue weighted by Gasteiger charge is 2.37. The van der Waals surface area contributed by atoms with Crippen LogP contribution in [0.25, 0.3) is 0 Å². The summed E-state index contributed by atoms with van der Waals surface area (Å²) in [6.45, 7) is 3.60. The summed E-state index contributed by atoms with van der Waals surface area (Å²) in [5.74, 6) is 0.659. The number of likely N-dealkylation sites (N-methyl/N-ethyl adjacent to an activating group) is 1. The van der Waals surface area contributed by atoms with E-state index in [0.29, 0.717) is 24.3 Å². The van der Waals surface area contributed by atoms with Crippen molar-refractivity contribution in [2.75, 3.05) is 19.0 Å². The van der Waals surface area contributed by atoms with Crippen LogP contribution in [0.15, 0.2) is 42.5 Å². The first kappa shape index (κ1) is 24.4. The number of carbonyl (C=O) groups excluding carboxylic acids is 1. The van der Waals surface area contributed by atoms with Crippen molar-refractivity contribution in [3.63, 3.8) is 0 Å². The van der Waals surface area contributed by atoms with E-state index in [-0.39, 0.29) is 18.7 Å². The average molecular weight is 448 g/mol. The Balaban J connectivity index is 2.22. The summed E-state index contributed by atoms with van der Waals surface area (Å²) < 4.78 is 83.2. The lowest BCUT2D eigenvalue weighted by atomic mass is 10.1. The van der Waals surface area contributed by atoms with Crippen LogP contribution in [0, 0.1) is 0 Å². The van der Waals surface area contributed by atoms with Gasteiger partial charge in [-0.25, -0.2) is 4.79 Å². The molecule has 0 aliphatic carbocycles. The smallest absolute Gasteiger partial charge is 0.416 e. The van der Waals surface area contributed by atoms with Gasteiger partial charge in [-0.05, 0) is 56.2 Å². The van der Waals surface area contributed by atoms with Crippen LogP contribution in [0.4, 0.5) is 36.8 Å². The number of methoxy groups -OCH3 is 1. The van der Waals surface area contributed by atoms with Gasteiger partial charge in [0.05, 0.1) is 18.2 Å². The van der Waals surface area contributed by atoms with Crippen LogP contribution in [-0.2, 0) is 18.8 Å². The summed E-state index contributed by atoms with van der Waals surface area (Å²) >= 11 is 0.